The van der Waals surface area contributed by atoms with Crippen molar-refractivity contribution in [2.75, 3.05) is 46.4 Å². The molecule has 1 heterocycles. The van der Waals surface area contributed by atoms with E-state index >= 15 is 0 Å². The van der Waals surface area contributed by atoms with Crippen LogP contribution >= 0.6 is 0 Å². The average Bonchev–Trinajstić information content (AvgIpc) is 2.63. The molecule has 0 aliphatic carbocycles. The van der Waals surface area contributed by atoms with Crippen molar-refractivity contribution in [2.24, 2.45) is 4.99 Å². The van der Waals surface area contributed by atoms with Gasteiger partial charge in [0.15, 0.2) is 5.96 Å². The smallest absolute Gasteiger partial charge is 0.410 e. The summed E-state index contributed by atoms with van der Waals surface area (Å²) in [6.45, 7) is 12.7. The largest absolute Gasteiger partial charge is 0.450 e. The van der Waals surface area contributed by atoms with E-state index in [1.807, 2.05) is 34.6 Å². The van der Waals surface area contributed by atoms with Crippen molar-refractivity contribution in [2.45, 2.75) is 59.1 Å². The van der Waals surface area contributed by atoms with Gasteiger partial charge in [-0.2, -0.15) is 0 Å². The quantitative estimate of drug-likeness (QED) is 0.524. The number of carbonyl (C=O) groups is 2. The van der Waals surface area contributed by atoms with E-state index < -0.39 is 5.60 Å². The Bertz CT molecular complexity index is 525. The number of guanidine groups is 1. The molecule has 1 aliphatic heterocycles. The number of likely N-dealkylation sites (tertiary alicyclic amines) is 1. The number of aliphatic imine (C=N–C) groups is 1. The lowest BCUT2D eigenvalue weighted by atomic mass is 10.1. The Labute approximate surface area is 168 Å². The molecule has 0 bridgehead atoms. The van der Waals surface area contributed by atoms with Crippen molar-refractivity contribution < 1.29 is 19.1 Å². The van der Waals surface area contributed by atoms with Gasteiger partial charge in [-0.3, -0.25) is 4.99 Å². The minimum atomic E-state index is -0.506. The topological polar surface area (TPSA) is 95.5 Å². The molecule has 2 amide bonds. The second kappa shape index (κ2) is 11.6. The maximum atomic E-state index is 12.2. The number of rotatable bonds is 6. The van der Waals surface area contributed by atoms with Crippen LogP contribution < -0.4 is 10.6 Å². The van der Waals surface area contributed by atoms with Crippen LogP contribution in [0.5, 0.6) is 0 Å². The molecule has 1 rings (SSSR count). The zero-order chi connectivity index (χ0) is 21.2. The summed E-state index contributed by atoms with van der Waals surface area (Å²) in [5, 5.41) is 6.62. The minimum Gasteiger partial charge on any atom is -0.450 e. The summed E-state index contributed by atoms with van der Waals surface area (Å²) in [5.41, 5.74) is -0.506. The standard InChI is InChI=1S/C19H37N5O4/c1-7-23(18(26)28-19(3,4)5)14-11-21-16(20-6)22-15-9-12-24(13-10-15)17(25)27-8-2/h15H,7-14H2,1-6H3,(H2,20,21,22). The van der Waals surface area contributed by atoms with E-state index in [1.54, 1.807) is 16.8 Å². The first-order valence-corrected chi connectivity index (χ1v) is 10.1. The fourth-order valence-electron chi connectivity index (χ4n) is 2.82. The van der Waals surface area contributed by atoms with Crippen LogP contribution in [0.4, 0.5) is 9.59 Å². The molecule has 0 saturated carbocycles. The number of piperidine rings is 1. The molecule has 9 heteroatoms. The van der Waals surface area contributed by atoms with Gasteiger partial charge in [-0.1, -0.05) is 0 Å². The lowest BCUT2D eigenvalue weighted by molar-refractivity contribution is 0.0263. The van der Waals surface area contributed by atoms with E-state index in [4.69, 9.17) is 9.47 Å². The third-order valence-electron chi connectivity index (χ3n) is 4.29. The number of hydrogen-bond acceptors (Lipinski definition) is 5. The van der Waals surface area contributed by atoms with E-state index in [9.17, 15) is 9.59 Å². The molecule has 0 unspecified atom stereocenters. The Balaban J connectivity index is 2.37. The van der Waals surface area contributed by atoms with Crippen molar-refractivity contribution >= 4 is 18.1 Å². The van der Waals surface area contributed by atoms with E-state index in [-0.39, 0.29) is 18.2 Å². The summed E-state index contributed by atoms with van der Waals surface area (Å²) < 4.78 is 10.5. The molecule has 1 aliphatic rings. The third-order valence-corrected chi connectivity index (χ3v) is 4.29. The van der Waals surface area contributed by atoms with Crippen LogP contribution in [0.25, 0.3) is 0 Å². The van der Waals surface area contributed by atoms with Gasteiger partial charge in [0, 0.05) is 45.8 Å². The normalized spacial score (nSPS) is 15.8. The molecule has 2 N–H and O–H groups in total. The number of nitrogens with zero attached hydrogens (tertiary/aromatic N) is 3. The van der Waals surface area contributed by atoms with Crippen LogP contribution in [0.2, 0.25) is 0 Å². The minimum absolute atomic E-state index is 0.241. The molecular formula is C19H37N5O4. The van der Waals surface area contributed by atoms with Crippen molar-refractivity contribution in [1.29, 1.82) is 0 Å². The number of hydrogen-bond donors (Lipinski definition) is 2. The highest BCUT2D eigenvalue weighted by molar-refractivity contribution is 5.80. The van der Waals surface area contributed by atoms with Crippen LogP contribution in [-0.4, -0.2) is 86.0 Å². The van der Waals surface area contributed by atoms with Gasteiger partial charge in [-0.25, -0.2) is 9.59 Å². The maximum absolute atomic E-state index is 12.2. The van der Waals surface area contributed by atoms with Crippen molar-refractivity contribution in [1.82, 2.24) is 20.4 Å². The van der Waals surface area contributed by atoms with E-state index in [0.717, 1.165) is 12.8 Å². The first kappa shape index (κ1) is 23.8. The zero-order valence-electron chi connectivity index (χ0n) is 18.2. The second-order valence-corrected chi connectivity index (χ2v) is 7.66. The summed E-state index contributed by atoms with van der Waals surface area (Å²) in [6.07, 6.45) is 1.10. The molecule has 0 aromatic heterocycles. The molecule has 1 saturated heterocycles. The Morgan fingerprint density at radius 1 is 1.21 bits per heavy atom. The third kappa shape index (κ3) is 8.67. The van der Waals surface area contributed by atoms with E-state index in [2.05, 4.69) is 15.6 Å². The Morgan fingerprint density at radius 3 is 2.36 bits per heavy atom. The van der Waals surface area contributed by atoms with Crippen LogP contribution in [0.3, 0.4) is 0 Å². The molecular weight excluding hydrogens is 362 g/mol. The van der Waals surface area contributed by atoms with Crippen LogP contribution in [0, 0.1) is 0 Å². The highest BCUT2D eigenvalue weighted by atomic mass is 16.6. The van der Waals surface area contributed by atoms with Gasteiger partial charge in [0.1, 0.15) is 5.60 Å². The number of nitrogens with one attached hydrogen (secondary N) is 2. The van der Waals surface area contributed by atoms with Crippen molar-refractivity contribution in [3.63, 3.8) is 0 Å². The monoisotopic (exact) mass is 399 g/mol. The Kier molecular flexibility index (Phi) is 9.89. The summed E-state index contributed by atoms with van der Waals surface area (Å²) in [7, 11) is 1.72. The number of carbonyl (C=O) groups excluding carboxylic acids is 2. The number of amides is 2. The highest BCUT2D eigenvalue weighted by Crippen LogP contribution is 2.12. The summed E-state index contributed by atoms with van der Waals surface area (Å²) >= 11 is 0. The molecule has 0 aromatic carbocycles. The lowest BCUT2D eigenvalue weighted by Crippen LogP contribution is -2.51. The molecule has 0 radical (unpaired) electrons. The summed E-state index contributed by atoms with van der Waals surface area (Å²) in [4.78, 5) is 31.6. The summed E-state index contributed by atoms with van der Waals surface area (Å²) in [5.74, 6) is 0.690. The number of ether oxygens (including phenoxy) is 2. The van der Waals surface area contributed by atoms with Gasteiger partial charge >= 0.3 is 12.2 Å². The van der Waals surface area contributed by atoms with Crippen LogP contribution in [0.1, 0.15) is 47.5 Å². The number of likely N-dealkylation sites (N-methyl/N-ethyl adjacent to an activating group) is 1. The summed E-state index contributed by atoms with van der Waals surface area (Å²) in [6, 6.07) is 0.241. The zero-order valence-corrected chi connectivity index (χ0v) is 18.2. The van der Waals surface area contributed by atoms with Gasteiger partial charge in [0.25, 0.3) is 0 Å². The molecule has 9 nitrogen and oxygen atoms in total. The predicted molar refractivity (Wildman–Crippen MR) is 110 cm³/mol. The lowest BCUT2D eigenvalue weighted by Gasteiger charge is -2.32. The molecule has 162 valence electrons. The van der Waals surface area contributed by atoms with Gasteiger partial charge in [0.05, 0.1) is 6.61 Å². The van der Waals surface area contributed by atoms with Crippen LogP contribution in [0.15, 0.2) is 4.99 Å². The van der Waals surface area contributed by atoms with Crippen LogP contribution in [-0.2, 0) is 9.47 Å². The molecule has 28 heavy (non-hydrogen) atoms. The van der Waals surface area contributed by atoms with Gasteiger partial charge in [-0.15, -0.1) is 0 Å². The van der Waals surface area contributed by atoms with Crippen molar-refractivity contribution in [3.05, 3.63) is 0 Å². The molecule has 0 spiro atoms. The molecule has 1 fully saturated rings. The first-order chi connectivity index (χ1) is 13.2. The van der Waals surface area contributed by atoms with E-state index in [1.165, 1.54) is 0 Å². The Morgan fingerprint density at radius 2 is 1.86 bits per heavy atom. The highest BCUT2D eigenvalue weighted by Gasteiger charge is 2.24. The molecule has 0 aromatic rings. The fourth-order valence-corrected chi connectivity index (χ4v) is 2.82. The van der Waals surface area contributed by atoms with E-state index in [0.29, 0.717) is 45.3 Å². The van der Waals surface area contributed by atoms with Gasteiger partial charge in [0.2, 0.25) is 0 Å². The SMILES string of the molecule is CCOC(=O)N1CCC(NC(=NC)NCCN(CC)C(=O)OC(C)(C)C)CC1. The second-order valence-electron chi connectivity index (χ2n) is 7.66. The average molecular weight is 400 g/mol. The predicted octanol–water partition coefficient (Wildman–Crippen LogP) is 2.03. The fraction of sp³-hybridized carbons (Fsp3) is 0.842. The van der Waals surface area contributed by atoms with Crippen molar-refractivity contribution in [3.8, 4) is 0 Å². The Hall–Kier alpha value is -2.19. The first-order valence-electron chi connectivity index (χ1n) is 10.1. The van der Waals surface area contributed by atoms with Gasteiger partial charge in [-0.05, 0) is 47.5 Å². The maximum Gasteiger partial charge on any atom is 0.410 e. The molecule has 0 atom stereocenters. The van der Waals surface area contributed by atoms with Gasteiger partial charge < -0.3 is 29.9 Å².